The van der Waals surface area contributed by atoms with Crippen LogP contribution in [0.3, 0.4) is 0 Å². The van der Waals surface area contributed by atoms with Gasteiger partial charge in [-0.05, 0) is 29.5 Å². The first-order valence-electron chi connectivity index (χ1n) is 4.61. The van der Waals surface area contributed by atoms with Crippen LogP contribution >= 0.6 is 0 Å². The largest absolute Gasteiger partial charge is 0.394 e. The van der Waals surface area contributed by atoms with Gasteiger partial charge in [0.05, 0.1) is 12.6 Å². The zero-order valence-corrected chi connectivity index (χ0v) is 8.57. The van der Waals surface area contributed by atoms with Gasteiger partial charge in [-0.1, -0.05) is 0 Å². The molecule has 0 aromatic carbocycles. The Morgan fingerprint density at radius 3 is 3.07 bits per heavy atom. The molecule has 1 unspecified atom stereocenters. The van der Waals surface area contributed by atoms with Gasteiger partial charge < -0.3 is 10.0 Å². The second kappa shape index (κ2) is 3.77. The fourth-order valence-electron chi connectivity index (χ4n) is 1.18. The number of tetrazole rings is 1. The molecule has 1 N–H and O–H groups in total. The van der Waals surface area contributed by atoms with Crippen LogP contribution in [-0.4, -0.2) is 50.1 Å². The van der Waals surface area contributed by atoms with E-state index < -0.39 is 0 Å². The lowest BCUT2D eigenvalue weighted by atomic mass is 10.3. The lowest BCUT2D eigenvalue weighted by Gasteiger charge is -2.23. The Bertz CT molecular complexity index is 455. The van der Waals surface area contributed by atoms with Gasteiger partial charge in [0.1, 0.15) is 0 Å². The number of hydrogen-bond donors (Lipinski definition) is 1. The van der Waals surface area contributed by atoms with Gasteiger partial charge in [-0.15, -0.1) is 14.8 Å². The Hall–Kier alpha value is -1.76. The molecule has 0 spiro atoms. The molecule has 7 heteroatoms. The van der Waals surface area contributed by atoms with Crippen molar-refractivity contribution >= 4 is 11.5 Å². The summed E-state index contributed by atoms with van der Waals surface area (Å²) in [5, 5.41) is 24.2. The van der Waals surface area contributed by atoms with Crippen LogP contribution in [0.25, 0.3) is 5.65 Å². The minimum atomic E-state index is 0.00595. The summed E-state index contributed by atoms with van der Waals surface area (Å²) in [7, 11) is 1.86. The number of likely N-dealkylation sites (N-methyl/N-ethyl adjacent to an activating group) is 1. The third-order valence-corrected chi connectivity index (χ3v) is 2.34. The lowest BCUT2D eigenvalue weighted by Crippen LogP contribution is -2.32. The fraction of sp³-hybridized carbons (Fsp3) is 0.500. The summed E-state index contributed by atoms with van der Waals surface area (Å²) in [5.74, 6) is 0.719. The van der Waals surface area contributed by atoms with Gasteiger partial charge in [0.25, 0.3) is 0 Å². The predicted molar refractivity (Wildman–Crippen MR) is 53.5 cm³/mol. The van der Waals surface area contributed by atoms with Gasteiger partial charge in [0.15, 0.2) is 11.5 Å². The summed E-state index contributed by atoms with van der Waals surface area (Å²) >= 11 is 0. The molecule has 2 heterocycles. The molecule has 2 aromatic heterocycles. The van der Waals surface area contributed by atoms with Gasteiger partial charge in [-0.25, -0.2) is 0 Å². The van der Waals surface area contributed by atoms with E-state index in [9.17, 15) is 0 Å². The Kier molecular flexibility index (Phi) is 2.46. The highest BCUT2D eigenvalue weighted by Gasteiger charge is 2.11. The lowest BCUT2D eigenvalue weighted by molar-refractivity contribution is 0.269. The monoisotopic (exact) mass is 208 g/mol. The van der Waals surface area contributed by atoms with Crippen LogP contribution in [0.4, 0.5) is 5.82 Å². The fourth-order valence-corrected chi connectivity index (χ4v) is 1.18. The molecule has 2 aromatic rings. The topological polar surface area (TPSA) is 79.4 Å². The average molecular weight is 208 g/mol. The Morgan fingerprint density at radius 2 is 2.33 bits per heavy atom. The van der Waals surface area contributed by atoms with E-state index in [1.807, 2.05) is 24.9 Å². The average Bonchev–Trinajstić information content (AvgIpc) is 2.73. The molecule has 0 saturated heterocycles. The van der Waals surface area contributed by atoms with Crippen LogP contribution < -0.4 is 4.90 Å². The summed E-state index contributed by atoms with van der Waals surface area (Å²) in [6, 6.07) is 3.60. The van der Waals surface area contributed by atoms with Crippen molar-refractivity contribution in [1.82, 2.24) is 25.3 Å². The van der Waals surface area contributed by atoms with Gasteiger partial charge >= 0.3 is 0 Å². The van der Waals surface area contributed by atoms with Crippen molar-refractivity contribution in [1.29, 1.82) is 0 Å². The summed E-state index contributed by atoms with van der Waals surface area (Å²) < 4.78 is 1.36. The summed E-state index contributed by atoms with van der Waals surface area (Å²) in [5.41, 5.74) is 0.601. The second-order valence-electron chi connectivity index (χ2n) is 3.36. The standard InChI is InChI=1S/C8H12N6O/c1-6(5-15)13(2)8-4-3-7-9-11-12-14(7)10-8/h3-4,6,15H,5H2,1-2H3. The smallest absolute Gasteiger partial charge is 0.200 e. The highest BCUT2D eigenvalue weighted by molar-refractivity contribution is 5.44. The molecule has 1 atom stereocenters. The molecule has 80 valence electrons. The van der Waals surface area contributed by atoms with E-state index in [-0.39, 0.29) is 12.6 Å². The second-order valence-corrected chi connectivity index (χ2v) is 3.36. The number of aliphatic hydroxyl groups is 1. The highest BCUT2D eigenvalue weighted by Crippen LogP contribution is 2.11. The molecule has 0 aliphatic carbocycles. The molecule has 0 aliphatic rings. The number of hydrogen-bond acceptors (Lipinski definition) is 6. The first-order valence-corrected chi connectivity index (χ1v) is 4.61. The van der Waals surface area contributed by atoms with Crippen molar-refractivity contribution in [3.8, 4) is 0 Å². The van der Waals surface area contributed by atoms with Crippen molar-refractivity contribution in [2.75, 3.05) is 18.6 Å². The minimum Gasteiger partial charge on any atom is -0.394 e. The molecule has 0 aliphatic heterocycles. The summed E-state index contributed by atoms with van der Waals surface area (Å²) in [6.45, 7) is 1.98. The van der Waals surface area contributed by atoms with E-state index >= 15 is 0 Å². The van der Waals surface area contributed by atoms with E-state index in [0.29, 0.717) is 5.65 Å². The van der Waals surface area contributed by atoms with E-state index in [1.165, 1.54) is 4.63 Å². The quantitative estimate of drug-likeness (QED) is 0.721. The zero-order chi connectivity index (χ0) is 10.8. The maximum Gasteiger partial charge on any atom is 0.200 e. The first-order chi connectivity index (χ1) is 7.22. The normalized spacial score (nSPS) is 13.0. The third kappa shape index (κ3) is 1.73. The van der Waals surface area contributed by atoms with Crippen LogP contribution in [0.1, 0.15) is 6.92 Å². The van der Waals surface area contributed by atoms with Gasteiger partial charge in [0.2, 0.25) is 0 Å². The number of aliphatic hydroxyl groups excluding tert-OH is 1. The van der Waals surface area contributed by atoms with E-state index in [2.05, 4.69) is 20.6 Å². The van der Waals surface area contributed by atoms with Crippen LogP contribution in [-0.2, 0) is 0 Å². The number of anilines is 1. The van der Waals surface area contributed by atoms with Crippen molar-refractivity contribution in [3.05, 3.63) is 12.1 Å². The minimum absolute atomic E-state index is 0.00595. The Morgan fingerprint density at radius 1 is 1.53 bits per heavy atom. The van der Waals surface area contributed by atoms with Crippen LogP contribution in [0.2, 0.25) is 0 Å². The van der Waals surface area contributed by atoms with Crippen molar-refractivity contribution < 1.29 is 5.11 Å². The maximum atomic E-state index is 9.02. The van der Waals surface area contributed by atoms with Crippen LogP contribution in [0, 0.1) is 0 Å². The Labute approximate surface area is 86.3 Å². The Balaban J connectivity index is 2.35. The van der Waals surface area contributed by atoms with Crippen molar-refractivity contribution in [3.63, 3.8) is 0 Å². The van der Waals surface area contributed by atoms with Gasteiger partial charge in [-0.2, -0.15) is 0 Å². The summed E-state index contributed by atoms with van der Waals surface area (Å²) in [6.07, 6.45) is 0. The molecule has 2 rings (SSSR count). The molecule has 0 amide bonds. The molecular formula is C8H12N6O. The zero-order valence-electron chi connectivity index (χ0n) is 8.57. The molecule has 15 heavy (non-hydrogen) atoms. The van der Waals surface area contributed by atoms with Crippen molar-refractivity contribution in [2.24, 2.45) is 0 Å². The van der Waals surface area contributed by atoms with E-state index in [1.54, 1.807) is 6.07 Å². The van der Waals surface area contributed by atoms with Crippen LogP contribution in [0.5, 0.6) is 0 Å². The first kappa shape index (κ1) is 9.78. The maximum absolute atomic E-state index is 9.02. The molecule has 0 bridgehead atoms. The molecular weight excluding hydrogens is 196 g/mol. The highest BCUT2D eigenvalue weighted by atomic mass is 16.3. The van der Waals surface area contributed by atoms with Gasteiger partial charge in [0, 0.05) is 7.05 Å². The molecule has 0 saturated carbocycles. The number of nitrogens with zero attached hydrogens (tertiary/aromatic N) is 6. The van der Waals surface area contributed by atoms with E-state index in [0.717, 1.165) is 5.82 Å². The number of rotatable bonds is 3. The predicted octanol–water partition coefficient (Wildman–Crippen LogP) is -0.664. The number of aromatic nitrogens is 5. The SMILES string of the molecule is CC(CO)N(C)c1ccc2nnnn2n1. The van der Waals surface area contributed by atoms with Crippen LogP contribution in [0.15, 0.2) is 12.1 Å². The van der Waals surface area contributed by atoms with E-state index in [4.69, 9.17) is 5.11 Å². The van der Waals surface area contributed by atoms with Crippen molar-refractivity contribution in [2.45, 2.75) is 13.0 Å². The van der Waals surface area contributed by atoms with Gasteiger partial charge in [-0.3, -0.25) is 0 Å². The molecule has 0 radical (unpaired) electrons. The number of fused-ring (bicyclic) bond motifs is 1. The molecule has 7 nitrogen and oxygen atoms in total. The third-order valence-electron chi connectivity index (χ3n) is 2.34. The molecule has 0 fully saturated rings. The summed E-state index contributed by atoms with van der Waals surface area (Å²) in [4.78, 5) is 1.86.